The van der Waals surface area contributed by atoms with Gasteiger partial charge in [-0.2, -0.15) is 8.78 Å². The first-order chi connectivity index (χ1) is 9.88. The summed E-state index contributed by atoms with van der Waals surface area (Å²) >= 11 is 1.37. The van der Waals surface area contributed by atoms with E-state index in [9.17, 15) is 22.7 Å². The molecule has 1 atom stereocenters. The number of hydrogen-bond donors (Lipinski definition) is 1. The van der Waals surface area contributed by atoms with Crippen LogP contribution >= 0.6 is 11.3 Å². The predicted octanol–water partition coefficient (Wildman–Crippen LogP) is 3.12. The van der Waals surface area contributed by atoms with E-state index in [2.05, 4.69) is 9.72 Å². The summed E-state index contributed by atoms with van der Waals surface area (Å²) in [6, 6.07) is 7.39. The summed E-state index contributed by atoms with van der Waals surface area (Å²) in [7, 11) is 0. The predicted molar refractivity (Wildman–Crippen MR) is 71.1 cm³/mol. The Bertz CT molecular complexity index is 557. The van der Waals surface area contributed by atoms with Crippen LogP contribution in [0.1, 0.15) is 5.01 Å². The average Bonchev–Trinajstić information content (AvgIpc) is 2.80. The van der Waals surface area contributed by atoms with Crippen LogP contribution in [0.4, 0.5) is 17.6 Å². The third kappa shape index (κ3) is 4.36. The molecule has 0 aliphatic heterocycles. The standard InChI is InChI=1S/C13H13F4NO2S/c14-12(15)13(16,17)7-20-6-8(19)5-11-18-9-3-1-2-4-10(9)21-11/h1-4,8,12,19H,5-7H2. The highest BCUT2D eigenvalue weighted by atomic mass is 32.1. The van der Waals surface area contributed by atoms with E-state index in [0.29, 0.717) is 5.01 Å². The average molecular weight is 323 g/mol. The Morgan fingerprint density at radius 3 is 2.67 bits per heavy atom. The van der Waals surface area contributed by atoms with E-state index in [1.807, 2.05) is 24.3 Å². The molecule has 0 fully saturated rings. The Morgan fingerprint density at radius 1 is 1.29 bits per heavy atom. The van der Waals surface area contributed by atoms with Crippen LogP contribution < -0.4 is 0 Å². The second-order valence-corrected chi connectivity index (χ2v) is 5.63. The van der Waals surface area contributed by atoms with Crippen molar-refractivity contribution in [3.63, 3.8) is 0 Å². The highest BCUT2D eigenvalue weighted by Crippen LogP contribution is 2.24. The summed E-state index contributed by atoms with van der Waals surface area (Å²) < 4.78 is 54.4. The molecule has 2 aromatic rings. The highest BCUT2D eigenvalue weighted by Gasteiger charge is 2.41. The molecule has 0 saturated heterocycles. The fourth-order valence-electron chi connectivity index (χ4n) is 1.66. The lowest BCUT2D eigenvalue weighted by Gasteiger charge is -2.16. The van der Waals surface area contributed by atoms with Crippen molar-refractivity contribution in [1.29, 1.82) is 0 Å². The van der Waals surface area contributed by atoms with Crippen LogP contribution in [0.25, 0.3) is 10.2 Å². The van der Waals surface area contributed by atoms with Gasteiger partial charge in [0.15, 0.2) is 0 Å². The zero-order chi connectivity index (χ0) is 15.5. The first-order valence-electron chi connectivity index (χ1n) is 6.15. The van der Waals surface area contributed by atoms with Gasteiger partial charge >= 0.3 is 12.3 Å². The van der Waals surface area contributed by atoms with Gasteiger partial charge in [-0.05, 0) is 12.1 Å². The number of fused-ring (bicyclic) bond motifs is 1. The SMILES string of the molecule is OC(COCC(F)(F)C(F)F)Cc1nc2ccccc2s1. The quantitative estimate of drug-likeness (QED) is 0.796. The van der Waals surface area contributed by atoms with Crippen LogP contribution in [-0.4, -0.2) is 41.8 Å². The van der Waals surface area contributed by atoms with E-state index >= 15 is 0 Å². The van der Waals surface area contributed by atoms with E-state index in [4.69, 9.17) is 0 Å². The molecular formula is C13H13F4NO2S. The summed E-state index contributed by atoms with van der Waals surface area (Å²) in [5, 5.41) is 10.3. The van der Waals surface area contributed by atoms with E-state index in [1.165, 1.54) is 11.3 Å². The number of rotatable bonds is 7. The smallest absolute Gasteiger partial charge is 0.330 e. The second kappa shape index (κ2) is 6.67. The van der Waals surface area contributed by atoms with Crippen LogP contribution in [-0.2, 0) is 11.2 Å². The molecule has 0 aliphatic carbocycles. The number of ether oxygens (including phenoxy) is 1. The lowest BCUT2D eigenvalue weighted by Crippen LogP contribution is -2.34. The van der Waals surface area contributed by atoms with Crippen molar-refractivity contribution in [2.45, 2.75) is 24.9 Å². The van der Waals surface area contributed by atoms with Crippen molar-refractivity contribution in [3.8, 4) is 0 Å². The molecular weight excluding hydrogens is 310 g/mol. The third-order valence-corrected chi connectivity index (χ3v) is 3.73. The minimum atomic E-state index is -4.20. The zero-order valence-corrected chi connectivity index (χ0v) is 11.6. The van der Waals surface area contributed by atoms with Crippen molar-refractivity contribution in [2.75, 3.05) is 13.2 Å². The number of thiazole rings is 1. The summed E-state index contributed by atoms with van der Waals surface area (Å²) in [5.74, 6) is -4.20. The maximum atomic E-state index is 12.6. The number of hydrogen-bond acceptors (Lipinski definition) is 4. The normalized spacial score (nSPS) is 14.0. The first-order valence-corrected chi connectivity index (χ1v) is 6.96. The van der Waals surface area contributed by atoms with Gasteiger partial charge in [0.2, 0.25) is 0 Å². The lowest BCUT2D eigenvalue weighted by molar-refractivity contribution is -0.170. The van der Waals surface area contributed by atoms with Gasteiger partial charge in [0, 0.05) is 6.42 Å². The molecule has 1 aromatic heterocycles. The minimum absolute atomic E-state index is 0.125. The number of nitrogens with zero attached hydrogens (tertiary/aromatic N) is 1. The number of aliphatic hydroxyl groups excluding tert-OH is 1. The topological polar surface area (TPSA) is 42.4 Å². The summed E-state index contributed by atoms with van der Waals surface area (Å²) in [6.07, 6.45) is -4.72. The zero-order valence-electron chi connectivity index (χ0n) is 10.8. The maximum Gasteiger partial charge on any atom is 0.330 e. The lowest BCUT2D eigenvalue weighted by atomic mass is 10.3. The van der Waals surface area contributed by atoms with E-state index in [-0.39, 0.29) is 6.42 Å². The molecule has 1 heterocycles. The van der Waals surface area contributed by atoms with Crippen molar-refractivity contribution < 1.29 is 27.4 Å². The van der Waals surface area contributed by atoms with E-state index in [1.54, 1.807) is 0 Å². The van der Waals surface area contributed by atoms with Crippen LogP contribution in [0.2, 0.25) is 0 Å². The van der Waals surface area contributed by atoms with Crippen LogP contribution in [0.3, 0.4) is 0 Å². The monoisotopic (exact) mass is 323 g/mol. The Morgan fingerprint density at radius 2 is 2.00 bits per heavy atom. The van der Waals surface area contributed by atoms with E-state index < -0.39 is 31.7 Å². The number of aliphatic hydroxyl groups is 1. The summed E-state index contributed by atoms with van der Waals surface area (Å²) in [5.41, 5.74) is 0.787. The van der Waals surface area contributed by atoms with Gasteiger partial charge < -0.3 is 9.84 Å². The molecule has 0 bridgehead atoms. The van der Waals surface area contributed by atoms with Crippen molar-refractivity contribution in [2.24, 2.45) is 0 Å². The summed E-state index contributed by atoms with van der Waals surface area (Å²) in [6.45, 7) is -1.86. The number of para-hydroxylation sites is 1. The third-order valence-electron chi connectivity index (χ3n) is 2.67. The van der Waals surface area contributed by atoms with Gasteiger partial charge in [0.1, 0.15) is 6.61 Å². The van der Waals surface area contributed by atoms with Gasteiger partial charge in [-0.15, -0.1) is 11.3 Å². The van der Waals surface area contributed by atoms with Crippen LogP contribution in [0.15, 0.2) is 24.3 Å². The highest BCUT2D eigenvalue weighted by molar-refractivity contribution is 7.18. The van der Waals surface area contributed by atoms with Crippen molar-refractivity contribution >= 4 is 21.6 Å². The summed E-state index contributed by atoms with van der Waals surface area (Å²) in [4.78, 5) is 4.27. The van der Waals surface area contributed by atoms with Gasteiger partial charge in [-0.3, -0.25) is 0 Å². The number of halogens is 4. The number of benzene rings is 1. The van der Waals surface area contributed by atoms with Crippen molar-refractivity contribution in [3.05, 3.63) is 29.3 Å². The number of alkyl halides is 4. The molecule has 0 spiro atoms. The molecule has 0 aliphatic rings. The Labute approximate surface area is 122 Å². The molecule has 8 heteroatoms. The molecule has 0 radical (unpaired) electrons. The molecule has 2 rings (SSSR count). The molecule has 0 saturated carbocycles. The molecule has 116 valence electrons. The Balaban J connectivity index is 1.83. The minimum Gasteiger partial charge on any atom is -0.390 e. The Hall–Kier alpha value is -1.25. The van der Waals surface area contributed by atoms with Gasteiger partial charge in [0.05, 0.1) is 27.9 Å². The maximum absolute atomic E-state index is 12.6. The fourth-order valence-corrected chi connectivity index (χ4v) is 2.70. The first kappa shape index (κ1) is 16.1. The molecule has 0 amide bonds. The van der Waals surface area contributed by atoms with Gasteiger partial charge in [-0.25, -0.2) is 13.8 Å². The van der Waals surface area contributed by atoms with Crippen LogP contribution in [0, 0.1) is 0 Å². The molecule has 3 nitrogen and oxygen atoms in total. The van der Waals surface area contributed by atoms with Gasteiger partial charge in [-0.1, -0.05) is 12.1 Å². The second-order valence-electron chi connectivity index (χ2n) is 4.51. The van der Waals surface area contributed by atoms with Crippen LogP contribution in [0.5, 0.6) is 0 Å². The number of aromatic nitrogens is 1. The molecule has 21 heavy (non-hydrogen) atoms. The van der Waals surface area contributed by atoms with E-state index in [0.717, 1.165) is 10.2 Å². The molecule has 1 N–H and O–H groups in total. The fraction of sp³-hybridized carbons (Fsp3) is 0.462. The largest absolute Gasteiger partial charge is 0.390 e. The molecule has 1 aromatic carbocycles. The van der Waals surface area contributed by atoms with Gasteiger partial charge in [0.25, 0.3) is 0 Å². The van der Waals surface area contributed by atoms with Crippen molar-refractivity contribution in [1.82, 2.24) is 4.98 Å². The molecule has 1 unspecified atom stereocenters. The Kier molecular flexibility index (Phi) is 5.13.